The number of aliphatic carboxylic acids is 1. The molecule has 1 fully saturated rings. The lowest BCUT2D eigenvalue weighted by atomic mass is 10.1. The summed E-state index contributed by atoms with van der Waals surface area (Å²) in [7, 11) is 0. The van der Waals surface area contributed by atoms with Gasteiger partial charge in [-0.25, -0.2) is 9.07 Å². The van der Waals surface area contributed by atoms with E-state index >= 15 is 0 Å². The van der Waals surface area contributed by atoms with Gasteiger partial charge in [0.05, 0.1) is 17.0 Å². The van der Waals surface area contributed by atoms with E-state index in [1.54, 1.807) is 0 Å². The Hall–Kier alpha value is -2.02. The molecule has 1 saturated carbocycles. The summed E-state index contributed by atoms with van der Waals surface area (Å²) in [6, 6.07) is 4.14. The molecule has 104 valence electrons. The lowest BCUT2D eigenvalue weighted by Crippen LogP contribution is -2.22. The van der Waals surface area contributed by atoms with Gasteiger partial charge in [0.1, 0.15) is 5.82 Å². The van der Waals surface area contributed by atoms with Gasteiger partial charge in [-0.1, -0.05) is 11.6 Å². The van der Waals surface area contributed by atoms with Crippen LogP contribution in [0.5, 0.6) is 0 Å². The van der Waals surface area contributed by atoms with Gasteiger partial charge in [-0.05, 0) is 41.5 Å². The first kappa shape index (κ1) is 13.0. The minimum Gasteiger partial charge on any atom is -0.481 e. The maximum absolute atomic E-state index is 13.2. The molecule has 1 heterocycles. The Bertz CT molecular complexity index is 684. The average molecular weight is 297 g/mol. The third kappa shape index (κ3) is 2.14. The molecule has 1 aromatic heterocycles. The first-order chi connectivity index (χ1) is 9.52. The fraction of sp³-hybridized carbons (Fsp3) is 0.333. The minimum atomic E-state index is -0.851. The molecule has 1 aliphatic carbocycles. The highest BCUT2D eigenvalue weighted by Gasteiger charge is 2.51. The Balaban J connectivity index is 1.94. The normalized spacial score (nSPS) is 16.1. The SMILES string of the molecule is O=C(O)C1(Cn2nnnc2-c2ccc(F)c(Cl)c2)CC1. The maximum Gasteiger partial charge on any atom is 0.311 e. The summed E-state index contributed by atoms with van der Waals surface area (Å²) >= 11 is 5.73. The Labute approximate surface area is 118 Å². The van der Waals surface area contributed by atoms with E-state index in [-0.39, 0.29) is 11.6 Å². The van der Waals surface area contributed by atoms with Gasteiger partial charge < -0.3 is 5.11 Å². The van der Waals surface area contributed by atoms with E-state index in [0.717, 1.165) is 0 Å². The third-order valence-electron chi connectivity index (χ3n) is 3.47. The van der Waals surface area contributed by atoms with Crippen LogP contribution >= 0.6 is 11.6 Å². The molecule has 1 aliphatic rings. The first-order valence-electron chi connectivity index (χ1n) is 5.97. The van der Waals surface area contributed by atoms with Crippen molar-refractivity contribution >= 4 is 17.6 Å². The van der Waals surface area contributed by atoms with Crippen molar-refractivity contribution in [2.45, 2.75) is 19.4 Å². The average Bonchev–Trinajstić information content (AvgIpc) is 3.05. The van der Waals surface area contributed by atoms with Crippen LogP contribution in [0, 0.1) is 11.2 Å². The molecule has 0 unspecified atom stereocenters. The van der Waals surface area contributed by atoms with E-state index in [9.17, 15) is 14.3 Å². The summed E-state index contributed by atoms with van der Waals surface area (Å²) in [5, 5.41) is 20.4. The molecule has 0 amide bonds. The van der Waals surface area contributed by atoms with Crippen molar-refractivity contribution in [2.24, 2.45) is 5.41 Å². The van der Waals surface area contributed by atoms with Gasteiger partial charge in [-0.2, -0.15) is 0 Å². The van der Waals surface area contributed by atoms with Gasteiger partial charge in [-0.15, -0.1) is 5.10 Å². The predicted molar refractivity (Wildman–Crippen MR) is 67.5 cm³/mol. The van der Waals surface area contributed by atoms with Crippen LogP contribution in [-0.4, -0.2) is 31.3 Å². The summed E-state index contributed by atoms with van der Waals surface area (Å²) < 4.78 is 14.6. The lowest BCUT2D eigenvalue weighted by molar-refractivity contribution is -0.144. The number of halogens is 2. The number of nitrogens with zero attached hydrogens (tertiary/aromatic N) is 4. The zero-order valence-electron chi connectivity index (χ0n) is 10.3. The zero-order valence-corrected chi connectivity index (χ0v) is 11.0. The van der Waals surface area contributed by atoms with E-state index in [2.05, 4.69) is 15.5 Å². The second-order valence-electron chi connectivity index (χ2n) is 4.87. The molecule has 3 rings (SSSR count). The molecule has 1 N–H and O–H groups in total. The summed E-state index contributed by atoms with van der Waals surface area (Å²) in [5.41, 5.74) is -0.240. The Kier molecular flexibility index (Phi) is 2.93. The molecule has 0 radical (unpaired) electrons. The number of carbonyl (C=O) groups is 1. The van der Waals surface area contributed by atoms with Crippen molar-refractivity contribution in [1.82, 2.24) is 20.2 Å². The molecule has 8 heteroatoms. The number of benzene rings is 1. The number of aromatic nitrogens is 4. The molecule has 0 saturated heterocycles. The van der Waals surface area contributed by atoms with Crippen molar-refractivity contribution in [2.75, 3.05) is 0 Å². The van der Waals surface area contributed by atoms with Gasteiger partial charge in [0.25, 0.3) is 0 Å². The molecule has 0 atom stereocenters. The highest BCUT2D eigenvalue weighted by atomic mass is 35.5. The highest BCUT2D eigenvalue weighted by Crippen LogP contribution is 2.47. The van der Waals surface area contributed by atoms with Crippen molar-refractivity contribution in [3.63, 3.8) is 0 Å². The van der Waals surface area contributed by atoms with Gasteiger partial charge in [-0.3, -0.25) is 4.79 Å². The maximum atomic E-state index is 13.2. The largest absolute Gasteiger partial charge is 0.481 e. The molecule has 20 heavy (non-hydrogen) atoms. The number of tetrazole rings is 1. The Morgan fingerprint density at radius 2 is 2.25 bits per heavy atom. The second-order valence-corrected chi connectivity index (χ2v) is 5.28. The molecule has 0 spiro atoms. The van der Waals surface area contributed by atoms with Gasteiger partial charge in [0.2, 0.25) is 0 Å². The number of hydrogen-bond acceptors (Lipinski definition) is 4. The molecule has 2 aromatic rings. The van der Waals surface area contributed by atoms with E-state index in [0.29, 0.717) is 24.2 Å². The molecular formula is C12H10ClFN4O2. The molecular weight excluding hydrogens is 287 g/mol. The quantitative estimate of drug-likeness (QED) is 0.933. The Morgan fingerprint density at radius 1 is 1.50 bits per heavy atom. The third-order valence-corrected chi connectivity index (χ3v) is 3.76. The van der Waals surface area contributed by atoms with E-state index in [4.69, 9.17) is 11.6 Å². The van der Waals surface area contributed by atoms with Crippen molar-refractivity contribution < 1.29 is 14.3 Å². The number of carboxylic acid groups (broad SMARTS) is 1. The first-order valence-corrected chi connectivity index (χ1v) is 6.35. The zero-order chi connectivity index (χ0) is 14.3. The van der Waals surface area contributed by atoms with Crippen LogP contribution in [0.25, 0.3) is 11.4 Å². The molecule has 0 bridgehead atoms. The van der Waals surface area contributed by atoms with Crippen LogP contribution < -0.4 is 0 Å². The highest BCUT2D eigenvalue weighted by molar-refractivity contribution is 6.31. The van der Waals surface area contributed by atoms with Gasteiger partial charge in [0, 0.05) is 5.56 Å². The minimum absolute atomic E-state index is 0.0311. The van der Waals surface area contributed by atoms with E-state index in [1.807, 2.05) is 0 Å². The smallest absolute Gasteiger partial charge is 0.311 e. The summed E-state index contributed by atoms with van der Waals surface area (Å²) in [6.07, 6.45) is 1.21. The summed E-state index contributed by atoms with van der Waals surface area (Å²) in [4.78, 5) is 11.2. The predicted octanol–water partition coefficient (Wildman–Crippen LogP) is 2.00. The topological polar surface area (TPSA) is 80.9 Å². The van der Waals surface area contributed by atoms with E-state index < -0.39 is 17.2 Å². The van der Waals surface area contributed by atoms with Crippen LogP contribution in [0.3, 0.4) is 0 Å². The van der Waals surface area contributed by atoms with Crippen molar-refractivity contribution in [1.29, 1.82) is 0 Å². The fourth-order valence-electron chi connectivity index (χ4n) is 2.03. The van der Waals surface area contributed by atoms with Crippen molar-refractivity contribution in [3.05, 3.63) is 29.0 Å². The fourth-order valence-corrected chi connectivity index (χ4v) is 2.21. The van der Waals surface area contributed by atoms with Gasteiger partial charge >= 0.3 is 5.97 Å². The van der Waals surface area contributed by atoms with Crippen LogP contribution in [-0.2, 0) is 11.3 Å². The second kappa shape index (κ2) is 4.52. The van der Waals surface area contributed by atoms with Crippen LogP contribution in [0.2, 0.25) is 5.02 Å². The number of hydrogen-bond donors (Lipinski definition) is 1. The Morgan fingerprint density at radius 3 is 2.85 bits per heavy atom. The summed E-state index contributed by atoms with van der Waals surface area (Å²) in [5.74, 6) is -1.01. The molecule has 0 aliphatic heterocycles. The molecule has 6 nitrogen and oxygen atoms in total. The number of rotatable bonds is 4. The number of carboxylic acids is 1. The van der Waals surface area contributed by atoms with E-state index in [1.165, 1.54) is 22.9 Å². The molecule has 1 aromatic carbocycles. The summed E-state index contributed by atoms with van der Waals surface area (Å²) in [6.45, 7) is 0.194. The van der Waals surface area contributed by atoms with Gasteiger partial charge in [0.15, 0.2) is 5.82 Å². The monoisotopic (exact) mass is 296 g/mol. The van der Waals surface area contributed by atoms with Crippen LogP contribution in [0.4, 0.5) is 4.39 Å². The van der Waals surface area contributed by atoms with Crippen LogP contribution in [0.15, 0.2) is 18.2 Å². The lowest BCUT2D eigenvalue weighted by Gasteiger charge is -2.10. The van der Waals surface area contributed by atoms with Crippen molar-refractivity contribution in [3.8, 4) is 11.4 Å². The van der Waals surface area contributed by atoms with Crippen LogP contribution in [0.1, 0.15) is 12.8 Å². The standard InChI is InChI=1S/C12H10ClFN4O2/c13-8-5-7(1-2-9(8)14)10-15-16-17-18(10)6-12(3-4-12)11(19)20/h1-2,5H,3-4,6H2,(H,19,20).